The Morgan fingerprint density at radius 2 is 2.00 bits per heavy atom. The van der Waals surface area contributed by atoms with E-state index >= 15 is 0 Å². The van der Waals surface area contributed by atoms with E-state index < -0.39 is 0 Å². The number of carbonyl (C=O) groups is 1. The Labute approximate surface area is 116 Å². The van der Waals surface area contributed by atoms with Gasteiger partial charge in [0.15, 0.2) is 0 Å². The van der Waals surface area contributed by atoms with E-state index in [9.17, 15) is 4.79 Å². The van der Waals surface area contributed by atoms with Crippen molar-refractivity contribution in [2.75, 3.05) is 27.2 Å². The number of carbonyl (C=O) groups excluding carboxylic acids is 1. The zero-order valence-electron chi connectivity index (χ0n) is 10.9. The first-order valence-corrected chi connectivity index (χ1v) is 6.63. The molecule has 1 atom stereocenters. The quantitative estimate of drug-likeness (QED) is 0.815. The van der Waals surface area contributed by atoms with E-state index in [-0.39, 0.29) is 11.9 Å². The average molecular weight is 315 g/mol. The van der Waals surface area contributed by atoms with Crippen LogP contribution in [0.3, 0.4) is 0 Å². The highest BCUT2D eigenvalue weighted by molar-refractivity contribution is 9.10. The van der Waals surface area contributed by atoms with Crippen molar-refractivity contribution in [1.82, 2.24) is 10.2 Å². The number of amides is 1. The molecular formula is C13H19BrN2O2. The molecule has 0 aliphatic carbocycles. The number of halogens is 1. The highest BCUT2D eigenvalue weighted by Gasteiger charge is 2.13. The number of hydrogen-bond donors (Lipinski definition) is 1. The minimum absolute atomic E-state index is 0.0682. The average Bonchev–Trinajstić information content (AvgIpc) is 2.35. The molecule has 1 amide bonds. The van der Waals surface area contributed by atoms with Crippen LogP contribution in [0.1, 0.15) is 6.92 Å². The fraction of sp³-hybridized carbons (Fsp3) is 0.462. The molecule has 0 radical (unpaired) electrons. The van der Waals surface area contributed by atoms with E-state index in [1.165, 1.54) is 0 Å². The van der Waals surface area contributed by atoms with Crippen LogP contribution < -0.4 is 10.1 Å². The van der Waals surface area contributed by atoms with E-state index in [2.05, 4.69) is 21.2 Å². The molecule has 1 aromatic carbocycles. The smallest absolute Gasteiger partial charge is 0.238 e. The van der Waals surface area contributed by atoms with Crippen LogP contribution >= 0.6 is 15.9 Å². The molecule has 18 heavy (non-hydrogen) atoms. The summed E-state index contributed by atoms with van der Waals surface area (Å²) in [5.41, 5.74) is 0. The van der Waals surface area contributed by atoms with Crippen LogP contribution in [0.4, 0.5) is 0 Å². The van der Waals surface area contributed by atoms with Crippen LogP contribution in [-0.4, -0.2) is 44.1 Å². The summed E-state index contributed by atoms with van der Waals surface area (Å²) in [5, 5.41) is 3.12. The van der Waals surface area contributed by atoms with Gasteiger partial charge in [0.25, 0.3) is 0 Å². The number of nitrogens with one attached hydrogen (secondary N) is 1. The zero-order chi connectivity index (χ0) is 13.5. The largest absolute Gasteiger partial charge is 0.492 e. The lowest BCUT2D eigenvalue weighted by molar-refractivity contribution is -0.130. The standard InChI is InChI=1S/C13H19BrN2O2/c1-10(13(17)16(2)3)15-8-9-18-12-6-4-11(14)5-7-12/h4-7,10,15H,8-9H2,1-3H3. The molecule has 0 heterocycles. The highest BCUT2D eigenvalue weighted by atomic mass is 79.9. The van der Waals surface area contributed by atoms with Crippen LogP contribution in [0, 0.1) is 0 Å². The van der Waals surface area contributed by atoms with Crippen molar-refractivity contribution in [3.05, 3.63) is 28.7 Å². The molecule has 1 unspecified atom stereocenters. The number of likely N-dealkylation sites (N-methyl/N-ethyl adjacent to an activating group) is 1. The van der Waals surface area contributed by atoms with Gasteiger partial charge in [0, 0.05) is 25.1 Å². The van der Waals surface area contributed by atoms with Crippen molar-refractivity contribution >= 4 is 21.8 Å². The minimum Gasteiger partial charge on any atom is -0.492 e. The topological polar surface area (TPSA) is 41.6 Å². The van der Waals surface area contributed by atoms with Gasteiger partial charge in [-0.25, -0.2) is 0 Å². The molecule has 0 bridgehead atoms. The van der Waals surface area contributed by atoms with Gasteiger partial charge >= 0.3 is 0 Å². The van der Waals surface area contributed by atoms with Crippen LogP contribution in [0.2, 0.25) is 0 Å². The maximum atomic E-state index is 11.6. The zero-order valence-corrected chi connectivity index (χ0v) is 12.5. The summed E-state index contributed by atoms with van der Waals surface area (Å²) in [5.74, 6) is 0.894. The number of hydrogen-bond acceptors (Lipinski definition) is 3. The molecule has 0 aromatic heterocycles. The number of rotatable bonds is 6. The lowest BCUT2D eigenvalue weighted by atomic mass is 10.3. The Balaban J connectivity index is 2.22. The van der Waals surface area contributed by atoms with Crippen LogP contribution in [0.25, 0.3) is 0 Å². The second kappa shape index (κ2) is 7.38. The number of ether oxygens (including phenoxy) is 1. The molecule has 0 aliphatic rings. The summed E-state index contributed by atoms with van der Waals surface area (Å²) in [7, 11) is 3.50. The number of benzene rings is 1. The SMILES string of the molecule is CC(NCCOc1ccc(Br)cc1)C(=O)N(C)C. The molecule has 100 valence electrons. The molecule has 1 rings (SSSR count). The molecule has 4 nitrogen and oxygen atoms in total. The Morgan fingerprint density at radius 3 is 2.56 bits per heavy atom. The summed E-state index contributed by atoms with van der Waals surface area (Å²) in [6.45, 7) is 3.02. The third-order valence-electron chi connectivity index (χ3n) is 2.45. The third-order valence-corrected chi connectivity index (χ3v) is 2.97. The van der Waals surface area contributed by atoms with Crippen molar-refractivity contribution in [2.24, 2.45) is 0 Å². The van der Waals surface area contributed by atoms with E-state index in [0.717, 1.165) is 10.2 Å². The maximum absolute atomic E-state index is 11.6. The van der Waals surface area contributed by atoms with E-state index in [1.807, 2.05) is 31.2 Å². The van der Waals surface area contributed by atoms with Crippen LogP contribution in [-0.2, 0) is 4.79 Å². The summed E-state index contributed by atoms with van der Waals surface area (Å²) < 4.78 is 6.57. The molecule has 5 heteroatoms. The monoisotopic (exact) mass is 314 g/mol. The Morgan fingerprint density at radius 1 is 1.39 bits per heavy atom. The van der Waals surface area contributed by atoms with Gasteiger partial charge < -0.3 is 15.0 Å². The Bertz CT molecular complexity index is 379. The van der Waals surface area contributed by atoms with Crippen molar-refractivity contribution in [2.45, 2.75) is 13.0 Å². The molecule has 0 aliphatic heterocycles. The van der Waals surface area contributed by atoms with Gasteiger partial charge in [0.05, 0.1) is 6.04 Å². The Hall–Kier alpha value is -1.07. The van der Waals surface area contributed by atoms with Crippen LogP contribution in [0.15, 0.2) is 28.7 Å². The Kier molecular flexibility index (Phi) is 6.15. The van der Waals surface area contributed by atoms with Gasteiger partial charge in [-0.15, -0.1) is 0 Å². The van der Waals surface area contributed by atoms with Gasteiger partial charge in [0.1, 0.15) is 12.4 Å². The normalized spacial score (nSPS) is 12.0. The summed E-state index contributed by atoms with van der Waals surface area (Å²) in [6, 6.07) is 7.48. The van der Waals surface area contributed by atoms with E-state index in [0.29, 0.717) is 13.2 Å². The molecular weight excluding hydrogens is 296 g/mol. The molecule has 0 saturated carbocycles. The predicted molar refractivity (Wildman–Crippen MR) is 75.8 cm³/mol. The second-order valence-corrected chi connectivity index (χ2v) is 5.13. The molecule has 0 saturated heterocycles. The lowest BCUT2D eigenvalue weighted by Crippen LogP contribution is -2.42. The van der Waals surface area contributed by atoms with Gasteiger partial charge in [-0.05, 0) is 31.2 Å². The first kappa shape index (κ1) is 15.0. The molecule has 0 spiro atoms. The fourth-order valence-corrected chi connectivity index (χ4v) is 1.71. The summed E-state index contributed by atoms with van der Waals surface area (Å²) in [4.78, 5) is 13.1. The fourth-order valence-electron chi connectivity index (χ4n) is 1.45. The van der Waals surface area contributed by atoms with Gasteiger partial charge in [-0.1, -0.05) is 15.9 Å². The van der Waals surface area contributed by atoms with Crippen LogP contribution in [0.5, 0.6) is 5.75 Å². The molecule has 1 N–H and O–H groups in total. The van der Waals surface area contributed by atoms with Crippen molar-refractivity contribution in [3.63, 3.8) is 0 Å². The van der Waals surface area contributed by atoms with Gasteiger partial charge in [-0.2, -0.15) is 0 Å². The summed E-state index contributed by atoms with van der Waals surface area (Å²) >= 11 is 3.37. The van der Waals surface area contributed by atoms with Gasteiger partial charge in [-0.3, -0.25) is 4.79 Å². The summed E-state index contributed by atoms with van der Waals surface area (Å²) in [6.07, 6.45) is 0. The second-order valence-electron chi connectivity index (χ2n) is 4.21. The molecule has 1 aromatic rings. The highest BCUT2D eigenvalue weighted by Crippen LogP contribution is 2.15. The van der Waals surface area contributed by atoms with Crippen molar-refractivity contribution in [1.29, 1.82) is 0 Å². The molecule has 0 fully saturated rings. The maximum Gasteiger partial charge on any atom is 0.238 e. The minimum atomic E-state index is -0.187. The number of nitrogens with zero attached hydrogens (tertiary/aromatic N) is 1. The lowest BCUT2D eigenvalue weighted by Gasteiger charge is -2.18. The first-order valence-electron chi connectivity index (χ1n) is 5.83. The third kappa shape index (κ3) is 5.06. The van der Waals surface area contributed by atoms with Gasteiger partial charge in [0.2, 0.25) is 5.91 Å². The van der Waals surface area contributed by atoms with Crippen molar-refractivity contribution in [3.8, 4) is 5.75 Å². The van der Waals surface area contributed by atoms with E-state index in [4.69, 9.17) is 4.74 Å². The van der Waals surface area contributed by atoms with E-state index in [1.54, 1.807) is 19.0 Å². The predicted octanol–water partition coefficient (Wildman–Crippen LogP) is 1.89. The first-order chi connectivity index (χ1) is 8.50. The van der Waals surface area contributed by atoms with Crippen molar-refractivity contribution < 1.29 is 9.53 Å².